The summed E-state index contributed by atoms with van der Waals surface area (Å²) in [5.74, 6) is -2.26. The first kappa shape index (κ1) is 20.8. The first-order valence-electron chi connectivity index (χ1n) is 8.59. The lowest BCUT2D eigenvalue weighted by atomic mass is 10.1. The number of thioether (sulfide) groups is 1. The molecule has 0 spiro atoms. The van der Waals surface area contributed by atoms with Crippen molar-refractivity contribution in [2.75, 3.05) is 37.4 Å². The molecule has 0 saturated carbocycles. The van der Waals surface area contributed by atoms with E-state index in [9.17, 15) is 19.2 Å². The molecule has 8 nitrogen and oxygen atoms in total. The van der Waals surface area contributed by atoms with Crippen molar-refractivity contribution in [3.63, 3.8) is 0 Å². The number of esters is 1. The fraction of sp³-hybridized carbons (Fsp3) is 0.444. The third kappa shape index (κ3) is 5.99. The Bertz CT molecular complexity index is 725. The van der Waals surface area contributed by atoms with E-state index in [1.807, 2.05) is 30.5 Å². The number of rotatable bonds is 8. The highest BCUT2D eigenvalue weighted by Crippen LogP contribution is 2.28. The molecule has 0 aliphatic carbocycles. The lowest BCUT2D eigenvalue weighted by molar-refractivity contribution is -0.152. The van der Waals surface area contributed by atoms with Crippen LogP contribution in [-0.2, 0) is 23.9 Å². The SMILES string of the molecule is CCNC(=O)CNC(=O)COC(=O)[C@H]1CC(=O)N(c2cccc(SC)c2)C1. The summed E-state index contributed by atoms with van der Waals surface area (Å²) in [6.45, 7) is 1.80. The maximum absolute atomic E-state index is 12.3. The fourth-order valence-electron chi connectivity index (χ4n) is 2.64. The molecule has 3 amide bonds. The number of carbonyl (C=O) groups is 4. The molecule has 2 N–H and O–H groups in total. The third-order valence-corrected chi connectivity index (χ3v) is 4.71. The number of hydrogen-bond donors (Lipinski definition) is 2. The fourth-order valence-corrected chi connectivity index (χ4v) is 3.09. The Morgan fingerprint density at radius 1 is 1.26 bits per heavy atom. The summed E-state index contributed by atoms with van der Waals surface area (Å²) >= 11 is 1.57. The zero-order valence-corrected chi connectivity index (χ0v) is 16.1. The van der Waals surface area contributed by atoms with Gasteiger partial charge >= 0.3 is 5.97 Å². The predicted octanol–water partition coefficient (Wildman–Crippen LogP) is 0.557. The van der Waals surface area contributed by atoms with Crippen molar-refractivity contribution >= 4 is 41.1 Å². The Morgan fingerprint density at radius 3 is 2.74 bits per heavy atom. The summed E-state index contributed by atoms with van der Waals surface area (Å²) in [4.78, 5) is 49.9. The highest BCUT2D eigenvalue weighted by atomic mass is 32.2. The number of hydrogen-bond acceptors (Lipinski definition) is 6. The largest absolute Gasteiger partial charge is 0.455 e. The smallest absolute Gasteiger partial charge is 0.311 e. The van der Waals surface area contributed by atoms with Crippen LogP contribution in [0.3, 0.4) is 0 Å². The van der Waals surface area contributed by atoms with Gasteiger partial charge in [-0.2, -0.15) is 0 Å². The van der Waals surface area contributed by atoms with Crippen LogP contribution >= 0.6 is 11.8 Å². The van der Waals surface area contributed by atoms with E-state index in [0.29, 0.717) is 6.54 Å². The second-order valence-corrected chi connectivity index (χ2v) is 6.82. The van der Waals surface area contributed by atoms with Gasteiger partial charge in [0.25, 0.3) is 5.91 Å². The maximum Gasteiger partial charge on any atom is 0.311 e. The van der Waals surface area contributed by atoms with Gasteiger partial charge in [0.05, 0.1) is 12.5 Å². The molecular weight excluding hydrogens is 370 g/mol. The van der Waals surface area contributed by atoms with Crippen molar-refractivity contribution in [3.05, 3.63) is 24.3 Å². The predicted molar refractivity (Wildman–Crippen MR) is 101 cm³/mol. The van der Waals surface area contributed by atoms with Gasteiger partial charge in [0.15, 0.2) is 6.61 Å². The molecule has 146 valence electrons. The lowest BCUT2D eigenvalue weighted by Crippen LogP contribution is -2.39. The Morgan fingerprint density at radius 2 is 2.04 bits per heavy atom. The van der Waals surface area contributed by atoms with Crippen LogP contribution < -0.4 is 15.5 Å². The number of ether oxygens (including phenoxy) is 1. The lowest BCUT2D eigenvalue weighted by Gasteiger charge is -2.17. The molecule has 1 aromatic rings. The monoisotopic (exact) mass is 393 g/mol. The van der Waals surface area contributed by atoms with Gasteiger partial charge in [0.1, 0.15) is 0 Å². The number of carbonyl (C=O) groups excluding carboxylic acids is 4. The van der Waals surface area contributed by atoms with Gasteiger partial charge in [-0.15, -0.1) is 11.8 Å². The zero-order valence-electron chi connectivity index (χ0n) is 15.3. The van der Waals surface area contributed by atoms with E-state index >= 15 is 0 Å². The molecule has 1 aromatic carbocycles. The number of amides is 3. The van der Waals surface area contributed by atoms with Crippen LogP contribution in [0.5, 0.6) is 0 Å². The average molecular weight is 393 g/mol. The molecule has 1 saturated heterocycles. The summed E-state index contributed by atoms with van der Waals surface area (Å²) in [6.07, 6.45) is 1.99. The van der Waals surface area contributed by atoms with Crippen LogP contribution in [0.25, 0.3) is 0 Å². The zero-order chi connectivity index (χ0) is 19.8. The summed E-state index contributed by atoms with van der Waals surface area (Å²) < 4.78 is 4.99. The van der Waals surface area contributed by atoms with Crippen LogP contribution in [0, 0.1) is 5.92 Å². The summed E-state index contributed by atoms with van der Waals surface area (Å²) in [6, 6.07) is 7.52. The number of nitrogens with one attached hydrogen (secondary N) is 2. The molecule has 0 unspecified atom stereocenters. The van der Waals surface area contributed by atoms with Crippen LogP contribution in [-0.4, -0.2) is 56.2 Å². The molecule has 0 radical (unpaired) electrons. The van der Waals surface area contributed by atoms with Crippen molar-refractivity contribution in [1.29, 1.82) is 0 Å². The molecule has 1 atom stereocenters. The minimum Gasteiger partial charge on any atom is -0.455 e. The Hall–Kier alpha value is -2.55. The molecule has 2 rings (SSSR count). The van der Waals surface area contributed by atoms with Crippen molar-refractivity contribution in [2.45, 2.75) is 18.2 Å². The van der Waals surface area contributed by atoms with E-state index < -0.39 is 24.4 Å². The van der Waals surface area contributed by atoms with E-state index in [4.69, 9.17) is 4.74 Å². The summed E-state index contributed by atoms with van der Waals surface area (Å²) in [5.41, 5.74) is 0.738. The van der Waals surface area contributed by atoms with E-state index in [2.05, 4.69) is 10.6 Å². The van der Waals surface area contributed by atoms with Crippen LogP contribution in [0.1, 0.15) is 13.3 Å². The number of likely N-dealkylation sites (N-methyl/N-ethyl adjacent to an activating group) is 1. The molecule has 9 heteroatoms. The van der Waals surface area contributed by atoms with Gasteiger partial charge < -0.3 is 20.3 Å². The minimum atomic E-state index is -0.619. The first-order chi connectivity index (χ1) is 12.9. The van der Waals surface area contributed by atoms with Crippen molar-refractivity contribution < 1.29 is 23.9 Å². The molecule has 27 heavy (non-hydrogen) atoms. The van der Waals surface area contributed by atoms with Crippen LogP contribution in [0.15, 0.2) is 29.2 Å². The van der Waals surface area contributed by atoms with Gasteiger partial charge in [-0.05, 0) is 31.4 Å². The second kappa shape index (κ2) is 9.96. The highest BCUT2D eigenvalue weighted by molar-refractivity contribution is 7.98. The Balaban J connectivity index is 1.83. The van der Waals surface area contributed by atoms with Gasteiger partial charge in [0, 0.05) is 30.1 Å². The normalized spacial score (nSPS) is 16.1. The van der Waals surface area contributed by atoms with Crippen molar-refractivity contribution in [2.24, 2.45) is 5.92 Å². The van der Waals surface area contributed by atoms with E-state index in [1.165, 1.54) is 0 Å². The molecule has 0 bridgehead atoms. The summed E-state index contributed by atoms with van der Waals surface area (Å²) in [7, 11) is 0. The molecule has 1 heterocycles. The van der Waals surface area contributed by atoms with Gasteiger partial charge in [-0.25, -0.2) is 0 Å². The highest BCUT2D eigenvalue weighted by Gasteiger charge is 2.36. The Labute approximate surface area is 162 Å². The summed E-state index contributed by atoms with van der Waals surface area (Å²) in [5, 5.41) is 4.90. The number of nitrogens with zero attached hydrogens (tertiary/aromatic N) is 1. The number of benzene rings is 1. The van der Waals surface area contributed by atoms with Crippen LogP contribution in [0.2, 0.25) is 0 Å². The van der Waals surface area contributed by atoms with Gasteiger partial charge in [0.2, 0.25) is 11.8 Å². The Kier molecular flexibility index (Phi) is 7.66. The van der Waals surface area contributed by atoms with Gasteiger partial charge in [-0.1, -0.05) is 6.07 Å². The minimum absolute atomic E-state index is 0.0445. The topological polar surface area (TPSA) is 105 Å². The standard InChI is InChI=1S/C18H23N3O5S/c1-3-19-15(22)9-20-16(23)11-26-18(25)12-7-17(24)21(10-12)13-5-4-6-14(8-13)27-2/h4-6,8,12H,3,7,9-11H2,1-2H3,(H,19,22)(H,20,23)/t12-/m0/s1. The molecule has 0 aromatic heterocycles. The van der Waals surface area contributed by atoms with Crippen molar-refractivity contribution in [1.82, 2.24) is 10.6 Å². The van der Waals surface area contributed by atoms with Crippen LogP contribution in [0.4, 0.5) is 5.69 Å². The maximum atomic E-state index is 12.3. The molecule has 1 aliphatic heterocycles. The quantitative estimate of drug-likeness (QED) is 0.494. The van der Waals surface area contributed by atoms with E-state index in [-0.39, 0.29) is 31.3 Å². The van der Waals surface area contributed by atoms with Gasteiger partial charge in [-0.3, -0.25) is 19.2 Å². The second-order valence-electron chi connectivity index (χ2n) is 5.94. The van der Waals surface area contributed by atoms with E-state index in [1.54, 1.807) is 23.6 Å². The molecular formula is C18H23N3O5S. The molecule has 1 fully saturated rings. The first-order valence-corrected chi connectivity index (χ1v) is 9.81. The van der Waals surface area contributed by atoms with Crippen molar-refractivity contribution in [3.8, 4) is 0 Å². The van der Waals surface area contributed by atoms with E-state index in [0.717, 1.165) is 10.6 Å². The third-order valence-electron chi connectivity index (χ3n) is 3.99. The average Bonchev–Trinajstić information content (AvgIpc) is 3.06. The number of anilines is 1. The molecule has 1 aliphatic rings.